The van der Waals surface area contributed by atoms with Gasteiger partial charge in [0.2, 0.25) is 0 Å². The maximum atomic E-state index is 14.1. The van der Waals surface area contributed by atoms with Gasteiger partial charge in [-0.1, -0.05) is 29.8 Å². The van der Waals surface area contributed by atoms with Crippen LogP contribution in [0.25, 0.3) is 5.69 Å². The van der Waals surface area contributed by atoms with Gasteiger partial charge in [0, 0.05) is 10.9 Å². The third kappa shape index (κ3) is 3.67. The van der Waals surface area contributed by atoms with Gasteiger partial charge < -0.3 is 0 Å². The number of benzene rings is 1. The highest BCUT2D eigenvalue weighted by molar-refractivity contribution is 9.10. The van der Waals surface area contributed by atoms with Gasteiger partial charge in [-0.05, 0) is 24.6 Å². The van der Waals surface area contributed by atoms with E-state index < -0.39 is 0 Å². The average Bonchev–Trinajstić information content (AvgIpc) is 2.85. The van der Waals surface area contributed by atoms with Crippen molar-refractivity contribution in [1.29, 1.82) is 5.26 Å². The van der Waals surface area contributed by atoms with E-state index in [1.807, 2.05) is 13.8 Å². The van der Waals surface area contributed by atoms with Crippen LogP contribution in [0.4, 0.5) is 4.39 Å². The Kier molecular flexibility index (Phi) is 6.64. The number of hydrogen-bond acceptors (Lipinski definition) is 4. The summed E-state index contributed by atoms with van der Waals surface area (Å²) >= 11 is 3.23. The van der Waals surface area contributed by atoms with E-state index in [4.69, 9.17) is 9.59 Å². The first-order valence-electron chi connectivity index (χ1n) is 6.49. The molecule has 0 bridgehead atoms. The molecule has 1 aromatic carbocycles. The van der Waals surface area contributed by atoms with E-state index in [-0.39, 0.29) is 12.0 Å². The molecule has 0 atom stereocenters. The van der Waals surface area contributed by atoms with Crippen molar-refractivity contribution in [1.82, 2.24) is 9.55 Å². The standard InChI is InChI=1S/C14H13BrFN3.CO2/c1-3-11-13(8-17)19(14(4-2)18-11)12-6-5-9(15)7-10(12)16;2-1-3/h5-7H,3-4H2,1-2H3;. The zero-order chi connectivity index (χ0) is 16.7. The molecule has 0 radical (unpaired) electrons. The van der Waals surface area contributed by atoms with E-state index in [1.165, 1.54) is 6.07 Å². The molecule has 0 fully saturated rings. The Hall–Kier alpha value is -2.29. The van der Waals surface area contributed by atoms with E-state index in [0.29, 0.717) is 40.2 Å². The Morgan fingerprint density at radius 2 is 1.95 bits per heavy atom. The number of aromatic nitrogens is 2. The van der Waals surface area contributed by atoms with E-state index in [1.54, 1.807) is 16.7 Å². The first-order chi connectivity index (χ1) is 10.5. The summed E-state index contributed by atoms with van der Waals surface area (Å²) in [5.41, 5.74) is 1.49. The van der Waals surface area contributed by atoms with Gasteiger partial charge in [-0.3, -0.25) is 4.57 Å². The SMILES string of the molecule is CCc1nc(CC)n(-c2ccc(Br)cc2F)c1C#N.O=C=O. The Bertz CT molecular complexity index is 744. The number of carbonyl (C=O) groups excluding carboxylic acids is 2. The molecule has 0 spiro atoms. The molecule has 0 saturated heterocycles. The molecule has 0 aliphatic heterocycles. The van der Waals surface area contributed by atoms with Gasteiger partial charge in [0.15, 0.2) is 0 Å². The fourth-order valence-electron chi connectivity index (χ4n) is 2.04. The lowest BCUT2D eigenvalue weighted by Crippen LogP contribution is -2.05. The summed E-state index contributed by atoms with van der Waals surface area (Å²) in [5.74, 6) is 0.329. The summed E-state index contributed by atoms with van der Waals surface area (Å²) in [6.45, 7) is 3.88. The number of halogens is 2. The number of rotatable bonds is 3. The largest absolute Gasteiger partial charge is 0.373 e. The molecular formula is C15H13BrFN3O2. The fourth-order valence-corrected chi connectivity index (χ4v) is 2.37. The highest BCUT2D eigenvalue weighted by Gasteiger charge is 2.18. The minimum Gasteiger partial charge on any atom is -0.285 e. The molecule has 0 aliphatic rings. The minimum atomic E-state index is -0.374. The molecule has 114 valence electrons. The molecule has 0 N–H and O–H groups in total. The van der Waals surface area contributed by atoms with E-state index >= 15 is 0 Å². The number of hydrogen-bond donors (Lipinski definition) is 0. The molecular weight excluding hydrogens is 353 g/mol. The van der Waals surface area contributed by atoms with Gasteiger partial charge in [-0.25, -0.2) is 9.37 Å². The van der Waals surface area contributed by atoms with Crippen LogP contribution in [-0.2, 0) is 22.4 Å². The number of nitriles is 1. The van der Waals surface area contributed by atoms with Crippen molar-refractivity contribution in [3.05, 3.63) is 45.7 Å². The third-order valence-corrected chi connectivity index (χ3v) is 3.42. The second-order valence-corrected chi connectivity index (χ2v) is 5.07. The Labute approximate surface area is 135 Å². The van der Waals surface area contributed by atoms with Crippen LogP contribution in [0, 0.1) is 17.1 Å². The molecule has 1 aromatic heterocycles. The molecule has 2 rings (SSSR count). The Balaban J connectivity index is 0.000000745. The molecule has 7 heteroatoms. The maximum absolute atomic E-state index is 14.1. The van der Waals surface area contributed by atoms with Gasteiger partial charge in [0.25, 0.3) is 0 Å². The van der Waals surface area contributed by atoms with Crippen molar-refractivity contribution in [3.63, 3.8) is 0 Å². The van der Waals surface area contributed by atoms with Crippen LogP contribution in [0.3, 0.4) is 0 Å². The summed E-state index contributed by atoms with van der Waals surface area (Å²) in [4.78, 5) is 20.7. The summed E-state index contributed by atoms with van der Waals surface area (Å²) in [7, 11) is 0. The lowest BCUT2D eigenvalue weighted by molar-refractivity contribution is -0.191. The molecule has 2 aromatic rings. The summed E-state index contributed by atoms with van der Waals surface area (Å²) in [6, 6.07) is 6.93. The molecule has 0 saturated carbocycles. The fraction of sp³-hybridized carbons (Fsp3) is 0.267. The Morgan fingerprint density at radius 3 is 2.41 bits per heavy atom. The van der Waals surface area contributed by atoms with Crippen LogP contribution in [0.1, 0.15) is 31.1 Å². The highest BCUT2D eigenvalue weighted by atomic mass is 79.9. The van der Waals surface area contributed by atoms with E-state index in [9.17, 15) is 9.65 Å². The second kappa shape index (κ2) is 8.23. The summed E-state index contributed by atoms with van der Waals surface area (Å²) in [5, 5.41) is 9.30. The van der Waals surface area contributed by atoms with Crippen LogP contribution in [0.15, 0.2) is 22.7 Å². The lowest BCUT2D eigenvalue weighted by Gasteiger charge is -2.09. The Morgan fingerprint density at radius 1 is 1.32 bits per heavy atom. The third-order valence-electron chi connectivity index (χ3n) is 2.93. The molecule has 22 heavy (non-hydrogen) atoms. The van der Waals surface area contributed by atoms with Gasteiger partial charge in [0.1, 0.15) is 23.4 Å². The lowest BCUT2D eigenvalue weighted by atomic mass is 10.2. The summed E-state index contributed by atoms with van der Waals surface area (Å²) in [6.07, 6.45) is 1.55. The molecule has 5 nitrogen and oxygen atoms in total. The van der Waals surface area contributed by atoms with Crippen molar-refractivity contribution in [2.45, 2.75) is 26.7 Å². The van der Waals surface area contributed by atoms with E-state index in [2.05, 4.69) is 27.0 Å². The van der Waals surface area contributed by atoms with Gasteiger partial charge >= 0.3 is 6.15 Å². The van der Waals surface area contributed by atoms with Gasteiger partial charge in [-0.2, -0.15) is 14.9 Å². The first-order valence-corrected chi connectivity index (χ1v) is 7.28. The number of nitrogens with zero attached hydrogens (tertiary/aromatic N) is 3. The maximum Gasteiger partial charge on any atom is 0.373 e. The smallest absolute Gasteiger partial charge is 0.285 e. The van der Waals surface area contributed by atoms with Crippen LogP contribution in [0.5, 0.6) is 0 Å². The predicted octanol–water partition coefficient (Wildman–Crippen LogP) is 3.19. The normalized spacial score (nSPS) is 9.41. The van der Waals surface area contributed by atoms with Crippen molar-refractivity contribution in [2.24, 2.45) is 0 Å². The van der Waals surface area contributed by atoms with Crippen molar-refractivity contribution >= 4 is 22.1 Å². The topological polar surface area (TPSA) is 75.8 Å². The molecule has 0 aliphatic carbocycles. The first kappa shape index (κ1) is 17.8. The highest BCUT2D eigenvalue weighted by Crippen LogP contribution is 2.24. The second-order valence-electron chi connectivity index (χ2n) is 4.16. The molecule has 0 amide bonds. The number of aryl methyl sites for hydroxylation is 2. The van der Waals surface area contributed by atoms with Crippen LogP contribution in [0.2, 0.25) is 0 Å². The van der Waals surface area contributed by atoms with E-state index in [0.717, 1.165) is 0 Å². The van der Waals surface area contributed by atoms with Crippen molar-refractivity contribution in [2.75, 3.05) is 0 Å². The van der Waals surface area contributed by atoms with Crippen LogP contribution in [-0.4, -0.2) is 15.7 Å². The predicted molar refractivity (Wildman–Crippen MR) is 79.7 cm³/mol. The van der Waals surface area contributed by atoms with Gasteiger partial charge in [-0.15, -0.1) is 0 Å². The van der Waals surface area contributed by atoms with Crippen LogP contribution < -0.4 is 0 Å². The van der Waals surface area contributed by atoms with Crippen molar-refractivity contribution in [3.8, 4) is 11.8 Å². The molecule has 0 unspecified atom stereocenters. The number of imidazole rings is 1. The van der Waals surface area contributed by atoms with Crippen LogP contribution >= 0.6 is 15.9 Å². The minimum absolute atomic E-state index is 0.250. The monoisotopic (exact) mass is 365 g/mol. The quantitative estimate of drug-likeness (QED) is 0.836. The zero-order valence-electron chi connectivity index (χ0n) is 12.1. The average molecular weight is 366 g/mol. The summed E-state index contributed by atoms with van der Waals surface area (Å²) < 4.78 is 16.4. The zero-order valence-corrected chi connectivity index (χ0v) is 13.6. The van der Waals surface area contributed by atoms with Crippen molar-refractivity contribution < 1.29 is 14.0 Å². The molecule has 1 heterocycles. The van der Waals surface area contributed by atoms with Gasteiger partial charge in [0.05, 0.1) is 11.4 Å².